The standard InChI is InChI=1S/C22H27FN2O4S/c1-16(29-20-12-8-17(23)9-13-20)22(26)24-18-10-14-21(15-11-18)30(27,28)25(2)19-6-4-3-5-7-19/h8-16,19H,3-7H2,1-2H3,(H,24,26). The lowest BCUT2D eigenvalue weighted by atomic mass is 9.96. The number of amides is 1. The number of nitrogens with zero attached hydrogens (tertiary/aromatic N) is 1. The molecule has 1 atom stereocenters. The third-order valence-electron chi connectivity index (χ3n) is 5.38. The second kappa shape index (κ2) is 9.57. The number of hydrogen-bond acceptors (Lipinski definition) is 4. The lowest BCUT2D eigenvalue weighted by molar-refractivity contribution is -0.122. The van der Waals surface area contributed by atoms with Gasteiger partial charge in [-0.25, -0.2) is 12.8 Å². The summed E-state index contributed by atoms with van der Waals surface area (Å²) in [5.41, 5.74) is 0.467. The van der Waals surface area contributed by atoms with Crippen LogP contribution in [0.2, 0.25) is 0 Å². The molecule has 1 fully saturated rings. The monoisotopic (exact) mass is 434 g/mol. The molecule has 1 aliphatic carbocycles. The maximum Gasteiger partial charge on any atom is 0.265 e. The van der Waals surface area contributed by atoms with E-state index in [1.807, 2.05) is 0 Å². The maximum absolute atomic E-state index is 13.0. The van der Waals surface area contributed by atoms with Gasteiger partial charge in [-0.1, -0.05) is 19.3 Å². The van der Waals surface area contributed by atoms with Crippen LogP contribution in [-0.4, -0.2) is 37.8 Å². The van der Waals surface area contributed by atoms with Crippen LogP contribution < -0.4 is 10.1 Å². The molecule has 3 rings (SSSR count). The van der Waals surface area contributed by atoms with Gasteiger partial charge in [-0.3, -0.25) is 4.79 Å². The Labute approximate surface area is 177 Å². The highest BCUT2D eigenvalue weighted by molar-refractivity contribution is 7.89. The molecule has 1 unspecified atom stereocenters. The van der Waals surface area contributed by atoms with Gasteiger partial charge in [0.25, 0.3) is 5.91 Å². The number of carbonyl (C=O) groups excluding carboxylic acids is 1. The summed E-state index contributed by atoms with van der Waals surface area (Å²) in [5, 5.41) is 2.70. The number of benzene rings is 2. The first kappa shape index (κ1) is 22.2. The Morgan fingerprint density at radius 3 is 2.27 bits per heavy atom. The number of hydrogen-bond donors (Lipinski definition) is 1. The molecule has 1 amide bonds. The summed E-state index contributed by atoms with van der Waals surface area (Å²) >= 11 is 0. The highest BCUT2D eigenvalue weighted by Crippen LogP contribution is 2.27. The summed E-state index contributed by atoms with van der Waals surface area (Å²) in [6, 6.07) is 11.5. The smallest absolute Gasteiger partial charge is 0.265 e. The largest absolute Gasteiger partial charge is 0.481 e. The molecule has 30 heavy (non-hydrogen) atoms. The molecule has 0 saturated heterocycles. The maximum atomic E-state index is 13.0. The predicted molar refractivity (Wildman–Crippen MR) is 113 cm³/mol. The summed E-state index contributed by atoms with van der Waals surface area (Å²) in [7, 11) is -1.94. The molecule has 0 heterocycles. The molecule has 162 valence electrons. The average Bonchev–Trinajstić information content (AvgIpc) is 2.75. The summed E-state index contributed by atoms with van der Waals surface area (Å²) in [4.78, 5) is 12.5. The molecule has 2 aromatic carbocycles. The molecule has 1 aliphatic rings. The predicted octanol–water partition coefficient (Wildman–Crippen LogP) is 4.18. The fraction of sp³-hybridized carbons (Fsp3) is 0.409. The van der Waals surface area contributed by atoms with Crippen molar-refractivity contribution in [2.75, 3.05) is 12.4 Å². The summed E-state index contributed by atoms with van der Waals surface area (Å²) in [6.07, 6.45) is 4.21. The Balaban J connectivity index is 1.61. The molecule has 0 aromatic heterocycles. The van der Waals surface area contributed by atoms with Crippen molar-refractivity contribution in [3.8, 4) is 5.75 Å². The van der Waals surface area contributed by atoms with Gasteiger partial charge in [0.2, 0.25) is 10.0 Å². The van der Waals surface area contributed by atoms with Crippen LogP contribution in [0, 0.1) is 5.82 Å². The van der Waals surface area contributed by atoms with Crippen LogP contribution in [0.4, 0.5) is 10.1 Å². The van der Waals surface area contributed by atoms with Gasteiger partial charge >= 0.3 is 0 Å². The Morgan fingerprint density at radius 2 is 1.67 bits per heavy atom. The van der Waals surface area contributed by atoms with Crippen molar-refractivity contribution in [2.24, 2.45) is 0 Å². The van der Waals surface area contributed by atoms with Gasteiger partial charge in [0, 0.05) is 18.8 Å². The number of nitrogens with one attached hydrogen (secondary N) is 1. The van der Waals surface area contributed by atoms with E-state index in [0.29, 0.717) is 11.4 Å². The van der Waals surface area contributed by atoms with Crippen LogP contribution in [0.15, 0.2) is 53.4 Å². The van der Waals surface area contributed by atoms with Gasteiger partial charge in [0.05, 0.1) is 4.90 Å². The highest BCUT2D eigenvalue weighted by Gasteiger charge is 2.29. The summed E-state index contributed by atoms with van der Waals surface area (Å²) in [5.74, 6) is -0.399. The minimum absolute atomic E-state index is 0.0348. The van der Waals surface area contributed by atoms with Crippen LogP contribution in [0.25, 0.3) is 0 Å². The fourth-order valence-corrected chi connectivity index (χ4v) is 4.95. The van der Waals surface area contributed by atoms with E-state index in [0.717, 1.165) is 32.1 Å². The van der Waals surface area contributed by atoms with Crippen LogP contribution in [0.5, 0.6) is 5.75 Å². The molecule has 0 bridgehead atoms. The lowest BCUT2D eigenvalue weighted by Gasteiger charge is -2.30. The number of halogens is 1. The van der Waals surface area contributed by atoms with Gasteiger partial charge in [-0.05, 0) is 68.3 Å². The minimum Gasteiger partial charge on any atom is -0.481 e. The third-order valence-corrected chi connectivity index (χ3v) is 7.31. The molecule has 6 nitrogen and oxygen atoms in total. The SMILES string of the molecule is CC(Oc1ccc(F)cc1)C(=O)Nc1ccc(S(=O)(=O)N(C)C2CCCCC2)cc1. The zero-order valence-electron chi connectivity index (χ0n) is 17.2. The van der Waals surface area contributed by atoms with E-state index in [4.69, 9.17) is 4.74 Å². The van der Waals surface area contributed by atoms with E-state index in [2.05, 4.69) is 5.32 Å². The van der Waals surface area contributed by atoms with Gasteiger partial charge in [-0.2, -0.15) is 4.31 Å². The summed E-state index contributed by atoms with van der Waals surface area (Å²) < 4.78 is 45.7. The third kappa shape index (κ3) is 5.37. The second-order valence-corrected chi connectivity index (χ2v) is 9.54. The van der Waals surface area contributed by atoms with E-state index in [-0.39, 0.29) is 16.8 Å². The fourth-order valence-electron chi connectivity index (χ4n) is 3.53. The molecule has 0 aliphatic heterocycles. The van der Waals surface area contributed by atoms with Crippen LogP contribution in [0.1, 0.15) is 39.0 Å². The van der Waals surface area contributed by atoms with Crippen molar-refractivity contribution in [1.82, 2.24) is 4.31 Å². The van der Waals surface area contributed by atoms with Crippen LogP contribution >= 0.6 is 0 Å². The Bertz CT molecular complexity index is 956. The van der Waals surface area contributed by atoms with Crippen molar-refractivity contribution in [3.63, 3.8) is 0 Å². The number of sulfonamides is 1. The quantitative estimate of drug-likeness (QED) is 0.709. The number of anilines is 1. The van der Waals surface area contributed by atoms with Crippen molar-refractivity contribution >= 4 is 21.6 Å². The highest BCUT2D eigenvalue weighted by atomic mass is 32.2. The normalized spacial score (nSPS) is 16.3. The Hall–Kier alpha value is -2.45. The lowest BCUT2D eigenvalue weighted by Crippen LogP contribution is -2.38. The van der Waals surface area contributed by atoms with Crippen molar-refractivity contribution in [3.05, 3.63) is 54.3 Å². The molecule has 1 N–H and O–H groups in total. The van der Waals surface area contributed by atoms with Crippen molar-refractivity contribution < 1.29 is 22.3 Å². The zero-order chi connectivity index (χ0) is 21.7. The molecule has 1 saturated carbocycles. The van der Waals surface area contributed by atoms with E-state index >= 15 is 0 Å². The second-order valence-electron chi connectivity index (χ2n) is 7.54. The minimum atomic E-state index is -3.58. The summed E-state index contributed by atoms with van der Waals surface area (Å²) in [6.45, 7) is 1.58. The molecule has 2 aromatic rings. The van der Waals surface area contributed by atoms with Crippen molar-refractivity contribution in [2.45, 2.75) is 56.1 Å². The first-order valence-corrected chi connectivity index (χ1v) is 11.5. The molecular formula is C22H27FN2O4S. The van der Waals surface area contributed by atoms with Crippen LogP contribution in [0.3, 0.4) is 0 Å². The van der Waals surface area contributed by atoms with Crippen LogP contribution in [-0.2, 0) is 14.8 Å². The first-order valence-electron chi connectivity index (χ1n) is 10.1. The van der Waals surface area contributed by atoms with Crippen molar-refractivity contribution in [1.29, 1.82) is 0 Å². The van der Waals surface area contributed by atoms with E-state index in [9.17, 15) is 17.6 Å². The molecule has 0 radical (unpaired) electrons. The zero-order valence-corrected chi connectivity index (χ0v) is 18.0. The number of rotatable bonds is 7. The molecule has 8 heteroatoms. The Morgan fingerprint density at radius 1 is 1.07 bits per heavy atom. The number of ether oxygens (including phenoxy) is 1. The van der Waals surface area contributed by atoms with Gasteiger partial charge in [0.1, 0.15) is 11.6 Å². The van der Waals surface area contributed by atoms with Gasteiger partial charge < -0.3 is 10.1 Å². The van der Waals surface area contributed by atoms with E-state index < -0.39 is 22.0 Å². The van der Waals surface area contributed by atoms with Gasteiger partial charge in [0.15, 0.2) is 6.10 Å². The van der Waals surface area contributed by atoms with E-state index in [1.54, 1.807) is 26.1 Å². The average molecular weight is 435 g/mol. The first-order chi connectivity index (χ1) is 14.3. The topological polar surface area (TPSA) is 75.7 Å². The molecule has 0 spiro atoms. The van der Waals surface area contributed by atoms with E-state index in [1.165, 1.54) is 40.7 Å². The van der Waals surface area contributed by atoms with Gasteiger partial charge in [-0.15, -0.1) is 0 Å². The molecular weight excluding hydrogens is 407 g/mol. The number of carbonyl (C=O) groups is 1. The Kier molecular flexibility index (Phi) is 7.10.